The minimum Gasteiger partial charge on any atom is -0.480 e. The van der Waals surface area contributed by atoms with Crippen molar-refractivity contribution < 1.29 is 63.5 Å². The van der Waals surface area contributed by atoms with Crippen molar-refractivity contribution in [2.24, 2.45) is 16.6 Å². The van der Waals surface area contributed by atoms with Crippen LogP contribution < -0.4 is 64.2 Å². The van der Waals surface area contributed by atoms with Gasteiger partial charge in [-0.2, -0.15) is 10.2 Å². The molecule has 0 radical (unpaired) electrons. The zero-order valence-electron chi connectivity index (χ0n) is 79.1. The van der Waals surface area contributed by atoms with Crippen LogP contribution in [0.1, 0.15) is 124 Å². The number of aliphatic carboxylic acids is 2. The Morgan fingerprint density at radius 3 is 1.15 bits per heavy atom. The fourth-order valence-corrected chi connectivity index (χ4v) is 18.1. The summed E-state index contributed by atoms with van der Waals surface area (Å²) in [6.07, 6.45) is 1.97. The summed E-state index contributed by atoms with van der Waals surface area (Å²) in [7, 11) is 0. The number of hydrogen-bond donors (Lipinski definition) is 12. The third-order valence-electron chi connectivity index (χ3n) is 23.6. The number of carboxylic acids is 2. The second kappa shape index (κ2) is 49.2. The van der Waals surface area contributed by atoms with E-state index in [4.69, 9.17) is 66.8 Å². The Kier molecular flexibility index (Phi) is 39.2. The van der Waals surface area contributed by atoms with Crippen molar-refractivity contribution in [1.82, 2.24) is 96.1 Å². The molecule has 2 aromatic carbocycles. The number of aromatic nitrogens is 10. The van der Waals surface area contributed by atoms with Gasteiger partial charge in [-0.3, -0.25) is 58.0 Å². The zero-order chi connectivity index (χ0) is 98.5. The highest BCUT2D eigenvalue weighted by Crippen LogP contribution is 2.35. The summed E-state index contributed by atoms with van der Waals surface area (Å²) in [5.74, 6) is -1.89. The van der Waals surface area contributed by atoms with Gasteiger partial charge in [-0.05, 0) is 93.7 Å². The van der Waals surface area contributed by atoms with Crippen LogP contribution in [0.4, 0.5) is 46.0 Å². The number of anilines is 8. The topological polar surface area (TPSA) is 554 Å². The number of amides is 5. The summed E-state index contributed by atoms with van der Waals surface area (Å²) in [6, 6.07) is 19.3. The SMILES string of the molecule is CC(C)(C)OC(=O)CN1CCN(c2cc(Cl)nnc2N)CC1.Cc1ncsc1-c1ccc([C@H](C)NC(=O)[C@@H]2C[C@@H](O)CN2C(=O)[C@@H](N)C(C)(C)C)cc1.Cc1ncsc1-c1ccc([C@H](C)NC(=O)[C@@H]2C[C@@H](O)CN2C(=O)[C@@H](NC(=O)CN2CCN(c3ccnnc3N)CC2)C(C)(C)C)cc1.Cl.Nc1nnc(Cl)cc1N1CCN(CC(=O)O)CC1.Nc1nnccc1N1CCN(CC(=O)O)CC1. The molecule has 12 heterocycles. The van der Waals surface area contributed by atoms with E-state index in [1.165, 1.54) is 9.80 Å². The lowest BCUT2D eigenvalue weighted by Gasteiger charge is -2.37. The molecule has 0 unspecified atom stereocenters. The quantitative estimate of drug-likeness (QED) is 0.0357. The van der Waals surface area contributed by atoms with E-state index in [1.807, 2.05) is 181 Å². The van der Waals surface area contributed by atoms with Crippen LogP contribution in [0, 0.1) is 24.7 Å². The molecule has 6 aliphatic heterocycles. The van der Waals surface area contributed by atoms with E-state index in [2.05, 4.69) is 86.3 Å². The molecule has 6 aromatic heterocycles. The molecular weight excluding hydrogens is 1850 g/mol. The van der Waals surface area contributed by atoms with Crippen LogP contribution in [0.25, 0.3) is 20.9 Å². The van der Waals surface area contributed by atoms with Crippen LogP contribution in [0.15, 0.2) is 96.2 Å². The lowest BCUT2D eigenvalue weighted by molar-refractivity contribution is -0.156. The number of halogens is 3. The second-order valence-corrected chi connectivity index (χ2v) is 39.6. The Balaban J connectivity index is 0.000000202. The van der Waals surface area contributed by atoms with Gasteiger partial charge in [0.2, 0.25) is 29.5 Å². The van der Waals surface area contributed by atoms with Crippen LogP contribution in [0.5, 0.6) is 0 Å². The minimum atomic E-state index is -0.889. The largest absolute Gasteiger partial charge is 0.480 e. The molecule has 5 amide bonds. The summed E-state index contributed by atoms with van der Waals surface area (Å²) in [5, 5.41) is 77.9. The molecule has 0 saturated carbocycles. The Hall–Kier alpha value is -11.2. The number of aliphatic hydroxyl groups is 2. The van der Waals surface area contributed by atoms with Crippen molar-refractivity contribution >= 4 is 152 Å². The average molecular weight is 1980 g/mol. The van der Waals surface area contributed by atoms with Gasteiger partial charge in [0, 0.05) is 143 Å². The Morgan fingerprint density at radius 2 is 0.816 bits per heavy atom. The molecule has 0 aliphatic carbocycles. The molecule has 136 heavy (non-hydrogen) atoms. The van der Waals surface area contributed by atoms with Gasteiger partial charge in [0.1, 0.15) is 23.7 Å². The number of piperazine rings is 4. The fraction of sp³-hybridized carbons (Fsp3) is 0.533. The summed E-state index contributed by atoms with van der Waals surface area (Å²) < 4.78 is 5.34. The van der Waals surface area contributed by atoms with E-state index < -0.39 is 64.7 Å². The van der Waals surface area contributed by atoms with Crippen LogP contribution in [-0.2, 0) is 43.1 Å². The Labute approximate surface area is 816 Å². The first-order valence-corrected chi connectivity index (χ1v) is 47.2. The van der Waals surface area contributed by atoms with Gasteiger partial charge < -0.3 is 99.2 Å². The number of hydrogen-bond acceptors (Lipinski definition) is 36. The highest BCUT2D eigenvalue weighted by atomic mass is 35.5. The van der Waals surface area contributed by atoms with Gasteiger partial charge in [-0.25, -0.2) is 9.97 Å². The maximum Gasteiger partial charge on any atom is 0.320 e. The van der Waals surface area contributed by atoms with Gasteiger partial charge in [-0.1, -0.05) is 113 Å². The number of carbonyl (C=O) groups is 8. The van der Waals surface area contributed by atoms with Crippen molar-refractivity contribution in [3.63, 3.8) is 0 Å². The van der Waals surface area contributed by atoms with Gasteiger partial charge in [0.15, 0.2) is 33.6 Å². The number of carboxylic acid groups (broad SMARTS) is 2. The first-order valence-electron chi connectivity index (χ1n) is 44.7. The van der Waals surface area contributed by atoms with Gasteiger partial charge in [0.05, 0.1) is 124 Å². The average Bonchev–Trinajstić information content (AvgIpc) is 1.60. The number of aliphatic hydroxyl groups excluding tert-OH is 2. The molecule has 41 nitrogen and oxygen atoms in total. The predicted molar refractivity (Wildman–Crippen MR) is 528 cm³/mol. The maximum atomic E-state index is 14.0. The van der Waals surface area contributed by atoms with Crippen LogP contribution in [0.2, 0.25) is 10.3 Å². The van der Waals surface area contributed by atoms with Crippen molar-refractivity contribution in [1.29, 1.82) is 0 Å². The molecule has 8 atom stereocenters. The van der Waals surface area contributed by atoms with Crippen molar-refractivity contribution in [2.75, 3.05) is 187 Å². The van der Waals surface area contributed by atoms with E-state index >= 15 is 0 Å². The number of β-amino-alcohol motifs (C(OH)–C–C–N with tert-alkyl or cyclic N) is 2. The summed E-state index contributed by atoms with van der Waals surface area (Å²) in [6.45, 7) is 36.6. The lowest BCUT2D eigenvalue weighted by atomic mass is 9.85. The van der Waals surface area contributed by atoms with Crippen molar-refractivity contribution in [3.8, 4) is 20.9 Å². The molecule has 0 spiro atoms. The molecule has 17 N–H and O–H groups in total. The summed E-state index contributed by atoms with van der Waals surface area (Å²) >= 11 is 14.8. The number of carbonyl (C=O) groups excluding carboxylic acids is 6. The number of nitrogens with two attached hydrogens (primary N) is 5. The normalized spacial score (nSPS) is 18.8. The molecule has 14 rings (SSSR count). The molecular formula is C90H129Cl3N28O13S2. The molecule has 8 aromatic rings. The van der Waals surface area contributed by atoms with Crippen LogP contribution in [0.3, 0.4) is 0 Å². The first kappa shape index (κ1) is 108. The maximum absolute atomic E-state index is 14.0. The molecule has 740 valence electrons. The van der Waals surface area contributed by atoms with Crippen LogP contribution >= 0.6 is 58.3 Å². The smallest absolute Gasteiger partial charge is 0.320 e. The number of likely N-dealkylation sites (tertiary alicyclic amines) is 2. The van der Waals surface area contributed by atoms with E-state index in [-0.39, 0.29) is 106 Å². The lowest BCUT2D eigenvalue weighted by Crippen LogP contribution is -2.59. The third-order valence-corrected chi connectivity index (χ3v) is 25.9. The Bertz CT molecular complexity index is 5310. The summed E-state index contributed by atoms with van der Waals surface area (Å²) in [4.78, 5) is 130. The monoisotopic (exact) mass is 1980 g/mol. The van der Waals surface area contributed by atoms with E-state index in [0.717, 1.165) is 105 Å². The predicted octanol–water partition coefficient (Wildman–Crippen LogP) is 5.40. The zero-order valence-corrected chi connectivity index (χ0v) is 83.1. The molecule has 0 bridgehead atoms. The second-order valence-electron chi connectivity index (χ2n) is 37.1. The number of ether oxygens (including phenoxy) is 1. The first-order chi connectivity index (χ1) is 63.8. The molecule has 6 saturated heterocycles. The highest BCUT2D eigenvalue weighted by molar-refractivity contribution is 7.13. The number of aryl methyl sites for hydroxylation is 2. The van der Waals surface area contributed by atoms with E-state index in [1.54, 1.807) is 47.2 Å². The fourth-order valence-electron chi connectivity index (χ4n) is 16.2. The number of rotatable bonds is 23. The van der Waals surface area contributed by atoms with E-state index in [9.17, 15) is 48.6 Å². The third kappa shape index (κ3) is 31.1. The van der Waals surface area contributed by atoms with Crippen molar-refractivity contribution in [2.45, 2.75) is 157 Å². The van der Waals surface area contributed by atoms with Crippen LogP contribution in [-0.4, -0.2) is 334 Å². The standard InChI is InChI=1S/C33H45N9O4S.C23H32N4O3S.C14H22ClN5O2.C10H14ClN5O2.C10H15N5O2.ClH/c1-20(22-6-8-23(9-7-22)28-21(2)35-19-47-28)37-31(45)26-16-24(43)17-42(26)32(46)29(33(3,4)5)38-27(44)18-40-12-14-41(15-13-40)25-10-11-36-39-30(25)34;1-13(15-6-8-16(9-7-15)19-14(2)25-12-31-19)26-21(29)18-10-17(28)11-27(18)22(30)20(24)23(3,4)5;1-14(2,3)22-12(21)9-19-4-6-20(7-5-19)10-8-11(15)17-18-13(10)16;11-8-5-7(10(12)14-13-8)16-3-1-15(2-4-16)6-9(17)18;11-10-8(1-2-12-13-10)15-5-3-14(4-6-15)7-9(16)17;/h6-11,19-20,24,26,29,43H,12-18H2,1-5H3,(H2,34,39)(H,37,45)(H,38,44);6-9,12-13,17-18,20,28H,10-11,24H2,1-5H3,(H,26,29);8H,4-7,9H2,1-3H3,(H2,16,18);5H,1-4,6H2,(H2,12,14)(H,17,18);1-2H,3-7H2,(H2,11,13)(H,16,17);1H/t20-,24+,26-,29+;13-,17+,18-,20+;;;;/m00..../s1. The number of nitrogen functional groups attached to an aromatic ring is 4. The number of nitrogens with one attached hydrogen (secondary N) is 3. The molecule has 6 aliphatic rings. The number of esters is 1. The number of benzene rings is 2. The van der Waals surface area contributed by atoms with Gasteiger partial charge in [-0.15, -0.1) is 65.7 Å². The minimum absolute atomic E-state index is 0. The Morgan fingerprint density at radius 1 is 0.471 bits per heavy atom. The summed E-state index contributed by atoms with van der Waals surface area (Å²) in [5.41, 5.74) is 40.8. The number of thiazole rings is 2. The van der Waals surface area contributed by atoms with E-state index in [0.29, 0.717) is 106 Å². The van der Waals surface area contributed by atoms with Gasteiger partial charge >= 0.3 is 17.9 Å². The molecule has 46 heteroatoms. The molecule has 6 fully saturated rings. The van der Waals surface area contributed by atoms with Gasteiger partial charge in [0.25, 0.3) is 0 Å². The van der Waals surface area contributed by atoms with Crippen molar-refractivity contribution in [3.05, 3.63) is 129 Å². The highest BCUT2D eigenvalue weighted by Gasteiger charge is 2.46. The number of nitrogens with zero attached hydrogens (tertiary/aromatic N) is 20.